The maximum Gasteiger partial charge on any atom is 0.342 e. The van der Waals surface area contributed by atoms with Crippen molar-refractivity contribution in [2.24, 2.45) is 0 Å². The first-order valence-corrected chi connectivity index (χ1v) is 12.4. The van der Waals surface area contributed by atoms with Crippen LogP contribution in [-0.4, -0.2) is 52.4 Å². The fraction of sp³-hybridized carbons (Fsp3) is 0.231. The van der Waals surface area contributed by atoms with Gasteiger partial charge in [-0.15, -0.1) is 0 Å². The number of carbonyl (C=O) groups is 2. The maximum absolute atomic E-state index is 13.1. The molecule has 0 bridgehead atoms. The molecule has 0 aromatic heterocycles. The molecule has 0 aliphatic carbocycles. The van der Waals surface area contributed by atoms with Crippen LogP contribution in [0.15, 0.2) is 83.8 Å². The summed E-state index contributed by atoms with van der Waals surface area (Å²) in [5.41, 5.74) is 1.68. The normalized spacial score (nSPS) is 12.0. The van der Waals surface area contributed by atoms with Crippen molar-refractivity contribution in [2.75, 3.05) is 27.2 Å². The SMILES string of the molecule is Cc1ccc(S(=O)(=O)NC[C@@H](OC(=O)c2ccccc2OCC(=O)N(C)C)c2ccccc2)cc1. The third-order valence-electron chi connectivity index (χ3n) is 5.17. The number of esters is 1. The Morgan fingerprint density at radius 2 is 1.54 bits per heavy atom. The number of ether oxygens (including phenoxy) is 2. The van der Waals surface area contributed by atoms with Crippen LogP contribution in [0.25, 0.3) is 0 Å². The summed E-state index contributed by atoms with van der Waals surface area (Å²) in [7, 11) is -0.613. The van der Waals surface area contributed by atoms with Crippen molar-refractivity contribution in [3.8, 4) is 5.75 Å². The predicted molar refractivity (Wildman–Crippen MR) is 132 cm³/mol. The molecule has 0 aliphatic heterocycles. The van der Waals surface area contributed by atoms with Gasteiger partial charge in [0.1, 0.15) is 17.4 Å². The Bertz CT molecular complexity index is 1260. The highest BCUT2D eigenvalue weighted by atomic mass is 32.2. The first-order chi connectivity index (χ1) is 16.7. The van der Waals surface area contributed by atoms with E-state index in [9.17, 15) is 18.0 Å². The van der Waals surface area contributed by atoms with Gasteiger partial charge in [0.2, 0.25) is 10.0 Å². The van der Waals surface area contributed by atoms with Gasteiger partial charge in [0.25, 0.3) is 5.91 Å². The topological polar surface area (TPSA) is 102 Å². The second kappa shape index (κ2) is 11.6. The minimum Gasteiger partial charge on any atom is -0.483 e. The zero-order chi connectivity index (χ0) is 25.4. The lowest BCUT2D eigenvalue weighted by Gasteiger charge is -2.20. The van der Waals surface area contributed by atoms with Gasteiger partial charge >= 0.3 is 5.97 Å². The fourth-order valence-electron chi connectivity index (χ4n) is 3.10. The number of nitrogens with zero attached hydrogens (tertiary/aromatic N) is 1. The molecule has 3 aromatic carbocycles. The smallest absolute Gasteiger partial charge is 0.342 e. The van der Waals surface area contributed by atoms with E-state index in [4.69, 9.17) is 9.47 Å². The Morgan fingerprint density at radius 3 is 2.20 bits per heavy atom. The second-order valence-corrected chi connectivity index (χ2v) is 9.81. The second-order valence-electron chi connectivity index (χ2n) is 8.04. The number of benzene rings is 3. The van der Waals surface area contributed by atoms with Crippen molar-refractivity contribution >= 4 is 21.9 Å². The lowest BCUT2D eigenvalue weighted by atomic mass is 10.1. The number of amides is 1. The number of nitrogens with one attached hydrogen (secondary N) is 1. The van der Waals surface area contributed by atoms with E-state index in [1.807, 2.05) is 13.0 Å². The monoisotopic (exact) mass is 496 g/mol. The summed E-state index contributed by atoms with van der Waals surface area (Å²) in [6.07, 6.45) is -0.902. The lowest BCUT2D eigenvalue weighted by molar-refractivity contribution is -0.130. The van der Waals surface area contributed by atoms with Crippen molar-refractivity contribution in [3.05, 3.63) is 95.6 Å². The predicted octanol–water partition coefficient (Wildman–Crippen LogP) is 3.34. The van der Waals surface area contributed by atoms with Crippen LogP contribution in [0.2, 0.25) is 0 Å². The van der Waals surface area contributed by atoms with Crippen molar-refractivity contribution in [3.63, 3.8) is 0 Å². The minimum atomic E-state index is -3.82. The third-order valence-corrected chi connectivity index (χ3v) is 6.61. The highest BCUT2D eigenvalue weighted by molar-refractivity contribution is 7.89. The van der Waals surface area contributed by atoms with Gasteiger partial charge in [-0.25, -0.2) is 17.9 Å². The van der Waals surface area contributed by atoms with E-state index < -0.39 is 22.1 Å². The molecule has 9 heteroatoms. The van der Waals surface area contributed by atoms with Gasteiger partial charge in [0.05, 0.1) is 11.4 Å². The number of aryl methyl sites for hydroxylation is 1. The van der Waals surface area contributed by atoms with Crippen LogP contribution >= 0.6 is 0 Å². The number of para-hydroxylation sites is 1. The van der Waals surface area contributed by atoms with E-state index in [0.29, 0.717) is 5.56 Å². The van der Waals surface area contributed by atoms with Crippen molar-refractivity contribution in [1.82, 2.24) is 9.62 Å². The standard InChI is InChI=1S/C26H28N2O6S/c1-19-13-15-21(16-14-19)35(31,32)27-17-24(20-9-5-4-6-10-20)34-26(30)22-11-7-8-12-23(22)33-18-25(29)28(2)3/h4-16,24,27H,17-18H2,1-3H3/t24-/m1/s1. The summed E-state index contributed by atoms with van der Waals surface area (Å²) in [5, 5.41) is 0. The molecule has 1 amide bonds. The fourth-order valence-corrected chi connectivity index (χ4v) is 4.14. The molecule has 184 valence electrons. The van der Waals surface area contributed by atoms with Gasteiger partial charge in [-0.05, 0) is 36.8 Å². The summed E-state index contributed by atoms with van der Waals surface area (Å²) in [6, 6.07) is 21.7. The molecule has 8 nitrogen and oxygen atoms in total. The number of rotatable bonds is 10. The average molecular weight is 497 g/mol. The third kappa shape index (κ3) is 7.14. The molecule has 0 saturated carbocycles. The van der Waals surface area contributed by atoms with Crippen molar-refractivity contribution < 1.29 is 27.5 Å². The number of hydrogen-bond donors (Lipinski definition) is 1. The molecular formula is C26H28N2O6S. The summed E-state index contributed by atoms with van der Waals surface area (Å²) in [5.74, 6) is -0.776. The molecule has 0 fully saturated rings. The molecule has 3 rings (SSSR count). The van der Waals surface area contributed by atoms with Crippen LogP contribution in [0.3, 0.4) is 0 Å². The summed E-state index contributed by atoms with van der Waals surface area (Å²) in [6.45, 7) is 1.45. The summed E-state index contributed by atoms with van der Waals surface area (Å²) in [4.78, 5) is 26.5. The van der Waals surface area contributed by atoms with Crippen LogP contribution in [0, 0.1) is 6.92 Å². The van der Waals surface area contributed by atoms with Gasteiger partial charge in [-0.2, -0.15) is 0 Å². The van der Waals surface area contributed by atoms with Crippen molar-refractivity contribution in [1.29, 1.82) is 0 Å². The lowest BCUT2D eigenvalue weighted by Crippen LogP contribution is -2.31. The molecular weight excluding hydrogens is 468 g/mol. The number of likely N-dealkylation sites (N-methyl/N-ethyl adjacent to an activating group) is 1. The number of hydrogen-bond acceptors (Lipinski definition) is 6. The van der Waals surface area contributed by atoms with Crippen LogP contribution in [-0.2, 0) is 19.6 Å². The molecule has 0 aliphatic rings. The van der Waals surface area contributed by atoms with Crippen LogP contribution in [0.1, 0.15) is 27.6 Å². The van der Waals surface area contributed by atoms with Gasteiger partial charge < -0.3 is 14.4 Å². The quantitative estimate of drug-likeness (QED) is 0.432. The molecule has 0 radical (unpaired) electrons. The van der Waals surface area contributed by atoms with E-state index in [1.54, 1.807) is 68.7 Å². The van der Waals surface area contributed by atoms with Gasteiger partial charge in [-0.1, -0.05) is 60.2 Å². The van der Waals surface area contributed by atoms with Crippen molar-refractivity contribution in [2.45, 2.75) is 17.9 Å². The van der Waals surface area contributed by atoms with Gasteiger partial charge in [0.15, 0.2) is 6.61 Å². The Labute approximate surface area is 205 Å². The highest BCUT2D eigenvalue weighted by Gasteiger charge is 2.24. The largest absolute Gasteiger partial charge is 0.483 e. The Balaban J connectivity index is 1.79. The van der Waals surface area contributed by atoms with E-state index in [0.717, 1.165) is 5.56 Å². The number of sulfonamides is 1. The Hall–Kier alpha value is -3.69. The number of carbonyl (C=O) groups excluding carboxylic acids is 2. The molecule has 0 heterocycles. The van der Waals surface area contributed by atoms with Gasteiger partial charge in [-0.3, -0.25) is 4.79 Å². The molecule has 1 N–H and O–H groups in total. The van der Waals surface area contributed by atoms with E-state index in [-0.39, 0.29) is 35.3 Å². The van der Waals surface area contributed by atoms with Crippen LogP contribution < -0.4 is 9.46 Å². The van der Waals surface area contributed by atoms with Crippen LogP contribution in [0.5, 0.6) is 5.75 Å². The Morgan fingerprint density at radius 1 is 0.914 bits per heavy atom. The molecule has 35 heavy (non-hydrogen) atoms. The van der Waals surface area contributed by atoms with E-state index >= 15 is 0 Å². The van der Waals surface area contributed by atoms with E-state index in [2.05, 4.69) is 4.72 Å². The molecule has 0 unspecified atom stereocenters. The first-order valence-electron chi connectivity index (χ1n) is 10.9. The zero-order valence-corrected chi connectivity index (χ0v) is 20.6. The van der Waals surface area contributed by atoms with Gasteiger partial charge in [0, 0.05) is 14.1 Å². The summed E-state index contributed by atoms with van der Waals surface area (Å²) >= 11 is 0. The average Bonchev–Trinajstić information content (AvgIpc) is 2.85. The summed E-state index contributed by atoms with van der Waals surface area (Å²) < 4.78 is 39.4. The zero-order valence-electron chi connectivity index (χ0n) is 19.8. The molecule has 0 spiro atoms. The molecule has 3 aromatic rings. The molecule has 1 atom stereocenters. The maximum atomic E-state index is 13.1. The Kier molecular flexibility index (Phi) is 8.62. The van der Waals surface area contributed by atoms with Crippen LogP contribution in [0.4, 0.5) is 0 Å². The minimum absolute atomic E-state index is 0.116. The van der Waals surface area contributed by atoms with E-state index in [1.165, 1.54) is 23.1 Å². The molecule has 0 saturated heterocycles. The highest BCUT2D eigenvalue weighted by Crippen LogP contribution is 2.24. The first kappa shape index (κ1) is 25.9.